The maximum Gasteiger partial charge on any atom is 0.250 e. The highest BCUT2D eigenvalue weighted by Gasteiger charge is 2.41. The van der Waals surface area contributed by atoms with Crippen LogP contribution in [0, 0.1) is 6.92 Å². The number of thiophene rings is 1. The number of rotatable bonds is 6. The number of amides is 1. The summed E-state index contributed by atoms with van der Waals surface area (Å²) in [7, 11) is 1.49. The zero-order valence-electron chi connectivity index (χ0n) is 17.0. The number of ether oxygens (including phenoxy) is 1. The molecule has 0 saturated carbocycles. The minimum absolute atomic E-state index is 0.00822. The van der Waals surface area contributed by atoms with Gasteiger partial charge in [0.15, 0.2) is 5.11 Å². The molecule has 0 aliphatic carbocycles. The van der Waals surface area contributed by atoms with Crippen LogP contribution in [0.1, 0.15) is 28.2 Å². The van der Waals surface area contributed by atoms with E-state index in [1.807, 2.05) is 55.5 Å². The molecule has 1 aliphatic heterocycles. The zero-order valence-corrected chi connectivity index (χ0v) is 19.4. The summed E-state index contributed by atoms with van der Waals surface area (Å²) in [5, 5.41) is 6.91. The molecule has 2 aromatic heterocycles. The van der Waals surface area contributed by atoms with E-state index < -0.39 is 0 Å². The van der Waals surface area contributed by atoms with E-state index in [1.165, 1.54) is 18.4 Å². The lowest BCUT2D eigenvalue weighted by Gasteiger charge is -2.27. The van der Waals surface area contributed by atoms with E-state index in [2.05, 4.69) is 20.5 Å². The molecule has 31 heavy (non-hydrogen) atoms. The fraction of sp³-hybridized carbons (Fsp3) is 0.227. The molecule has 1 aromatic carbocycles. The summed E-state index contributed by atoms with van der Waals surface area (Å²) in [5.74, 6) is -0.196. The molecule has 0 unspecified atom stereocenters. The Balaban J connectivity index is 1.71. The molecule has 4 rings (SSSR count). The summed E-state index contributed by atoms with van der Waals surface area (Å²) in [6.45, 7) is 1.96. The Kier molecular flexibility index (Phi) is 6.52. The SMILES string of the molecule is COCC(=O)Nc1ccc(N2C(=S)N[C@@H](c3ccccn3)[C@H]2c2ccc(Cl)s2)cc1C. The van der Waals surface area contributed by atoms with Crippen LogP contribution in [-0.2, 0) is 9.53 Å². The van der Waals surface area contributed by atoms with Crippen molar-refractivity contribution in [1.29, 1.82) is 0 Å². The molecule has 3 aromatic rings. The molecule has 2 N–H and O–H groups in total. The van der Waals surface area contributed by atoms with Gasteiger partial charge in [-0.05, 0) is 67.2 Å². The average Bonchev–Trinajstić information content (AvgIpc) is 3.33. The van der Waals surface area contributed by atoms with Crippen molar-refractivity contribution in [2.75, 3.05) is 23.9 Å². The van der Waals surface area contributed by atoms with Crippen LogP contribution in [0.25, 0.3) is 0 Å². The number of carbonyl (C=O) groups is 1. The molecule has 0 radical (unpaired) electrons. The summed E-state index contributed by atoms with van der Waals surface area (Å²) >= 11 is 13.5. The largest absolute Gasteiger partial charge is 0.375 e. The molecule has 2 atom stereocenters. The van der Waals surface area contributed by atoms with Crippen molar-refractivity contribution in [2.45, 2.75) is 19.0 Å². The topological polar surface area (TPSA) is 66.5 Å². The minimum Gasteiger partial charge on any atom is -0.375 e. The number of hydrogen-bond donors (Lipinski definition) is 2. The van der Waals surface area contributed by atoms with Crippen LogP contribution in [0.15, 0.2) is 54.7 Å². The number of anilines is 2. The van der Waals surface area contributed by atoms with E-state index in [9.17, 15) is 4.79 Å². The smallest absolute Gasteiger partial charge is 0.250 e. The number of nitrogens with one attached hydrogen (secondary N) is 2. The van der Waals surface area contributed by atoms with Gasteiger partial charge in [0, 0.05) is 29.6 Å². The fourth-order valence-electron chi connectivity index (χ4n) is 3.66. The Morgan fingerprint density at radius 2 is 2.16 bits per heavy atom. The summed E-state index contributed by atoms with van der Waals surface area (Å²) < 4.78 is 5.61. The average molecular weight is 473 g/mol. The third-order valence-corrected chi connectivity index (χ3v) is 6.64. The molecule has 0 bridgehead atoms. The van der Waals surface area contributed by atoms with Crippen molar-refractivity contribution < 1.29 is 9.53 Å². The first-order chi connectivity index (χ1) is 15.0. The molecule has 3 heterocycles. The lowest BCUT2D eigenvalue weighted by atomic mass is 10.0. The van der Waals surface area contributed by atoms with Gasteiger partial charge in [0.25, 0.3) is 0 Å². The fourth-order valence-corrected chi connectivity index (χ4v) is 5.20. The standard InChI is InChI=1S/C22H21ClN4O2S2/c1-13-11-14(6-7-15(13)25-19(28)12-29-2)27-21(17-8-9-18(23)31-17)20(26-22(27)30)16-5-3-4-10-24-16/h3-11,20-21H,12H2,1-2H3,(H,25,28)(H,26,30)/t20-,21+/m0/s1. The number of halogens is 1. The first kappa shape index (κ1) is 21.7. The molecule has 9 heteroatoms. The number of pyridine rings is 1. The number of thiocarbonyl (C=S) groups is 1. The van der Waals surface area contributed by atoms with Gasteiger partial charge < -0.3 is 20.3 Å². The van der Waals surface area contributed by atoms with Gasteiger partial charge in [-0.2, -0.15) is 0 Å². The summed E-state index contributed by atoms with van der Waals surface area (Å²) in [5.41, 5.74) is 3.49. The van der Waals surface area contributed by atoms with Crippen LogP contribution < -0.4 is 15.5 Å². The highest BCUT2D eigenvalue weighted by molar-refractivity contribution is 7.80. The Bertz CT molecular complexity index is 1110. The number of methoxy groups -OCH3 is 1. The van der Waals surface area contributed by atoms with Crippen molar-refractivity contribution in [3.63, 3.8) is 0 Å². The van der Waals surface area contributed by atoms with E-state index in [1.54, 1.807) is 6.20 Å². The van der Waals surface area contributed by atoms with Gasteiger partial charge >= 0.3 is 0 Å². The molecular formula is C22H21ClN4O2S2. The van der Waals surface area contributed by atoms with Crippen molar-refractivity contribution in [3.8, 4) is 0 Å². The maximum atomic E-state index is 11.9. The van der Waals surface area contributed by atoms with E-state index in [4.69, 9.17) is 28.6 Å². The predicted octanol–water partition coefficient (Wildman–Crippen LogP) is 4.87. The van der Waals surface area contributed by atoms with Gasteiger partial charge in [-0.15, -0.1) is 11.3 Å². The Hall–Kier alpha value is -2.52. The van der Waals surface area contributed by atoms with Crippen molar-refractivity contribution >= 4 is 57.5 Å². The minimum atomic E-state index is -0.196. The third-order valence-electron chi connectivity index (χ3n) is 5.02. The van der Waals surface area contributed by atoms with Crippen LogP contribution in [0.4, 0.5) is 11.4 Å². The first-order valence-corrected chi connectivity index (χ1v) is 11.2. The molecule has 1 saturated heterocycles. The molecule has 1 fully saturated rings. The maximum absolute atomic E-state index is 11.9. The van der Waals surface area contributed by atoms with Gasteiger partial charge in [-0.3, -0.25) is 9.78 Å². The van der Waals surface area contributed by atoms with Crippen LogP contribution in [0.5, 0.6) is 0 Å². The van der Waals surface area contributed by atoms with Gasteiger partial charge in [-0.1, -0.05) is 17.7 Å². The predicted molar refractivity (Wildman–Crippen MR) is 129 cm³/mol. The van der Waals surface area contributed by atoms with E-state index >= 15 is 0 Å². The lowest BCUT2D eigenvalue weighted by molar-refractivity contribution is -0.119. The third kappa shape index (κ3) is 4.57. The zero-order chi connectivity index (χ0) is 22.0. The quantitative estimate of drug-likeness (QED) is 0.499. The number of aryl methyl sites for hydroxylation is 1. The normalized spacial score (nSPS) is 18.2. The second kappa shape index (κ2) is 9.32. The summed E-state index contributed by atoms with van der Waals surface area (Å²) in [6, 6.07) is 15.4. The monoisotopic (exact) mass is 472 g/mol. The first-order valence-electron chi connectivity index (χ1n) is 9.63. The van der Waals surface area contributed by atoms with Crippen molar-refractivity contribution in [3.05, 3.63) is 75.2 Å². The van der Waals surface area contributed by atoms with Crippen LogP contribution in [-0.4, -0.2) is 29.7 Å². The number of aromatic nitrogens is 1. The number of hydrogen-bond acceptors (Lipinski definition) is 5. The van der Waals surface area contributed by atoms with E-state index in [0.717, 1.165) is 31.8 Å². The number of carbonyl (C=O) groups excluding carboxylic acids is 1. The van der Waals surface area contributed by atoms with E-state index in [0.29, 0.717) is 5.11 Å². The summed E-state index contributed by atoms with van der Waals surface area (Å²) in [4.78, 5) is 19.6. The summed E-state index contributed by atoms with van der Waals surface area (Å²) in [6.07, 6.45) is 1.78. The van der Waals surface area contributed by atoms with Crippen LogP contribution in [0.3, 0.4) is 0 Å². The Morgan fingerprint density at radius 3 is 2.81 bits per heavy atom. The second-order valence-electron chi connectivity index (χ2n) is 7.12. The number of benzene rings is 1. The van der Waals surface area contributed by atoms with Gasteiger partial charge in [-0.25, -0.2) is 0 Å². The van der Waals surface area contributed by atoms with Crippen molar-refractivity contribution in [2.24, 2.45) is 0 Å². The molecular weight excluding hydrogens is 452 g/mol. The Morgan fingerprint density at radius 1 is 1.32 bits per heavy atom. The van der Waals surface area contributed by atoms with E-state index in [-0.39, 0.29) is 24.6 Å². The lowest BCUT2D eigenvalue weighted by Crippen LogP contribution is -2.29. The van der Waals surface area contributed by atoms with Crippen LogP contribution in [0.2, 0.25) is 4.34 Å². The molecule has 6 nitrogen and oxygen atoms in total. The van der Waals surface area contributed by atoms with Gasteiger partial charge in [0.1, 0.15) is 6.61 Å². The highest BCUT2D eigenvalue weighted by Crippen LogP contribution is 2.44. The molecule has 160 valence electrons. The van der Waals surface area contributed by atoms with Gasteiger partial charge in [0.2, 0.25) is 5.91 Å². The molecule has 1 amide bonds. The molecule has 0 spiro atoms. The highest BCUT2D eigenvalue weighted by atomic mass is 35.5. The Labute approximate surface area is 195 Å². The van der Waals surface area contributed by atoms with Crippen molar-refractivity contribution in [1.82, 2.24) is 10.3 Å². The van der Waals surface area contributed by atoms with Crippen LogP contribution >= 0.6 is 35.2 Å². The second-order valence-corrected chi connectivity index (χ2v) is 9.25. The number of nitrogens with zero attached hydrogens (tertiary/aromatic N) is 2. The molecule has 1 aliphatic rings. The van der Waals surface area contributed by atoms with Gasteiger partial charge in [0.05, 0.1) is 22.1 Å².